The van der Waals surface area contributed by atoms with E-state index in [2.05, 4.69) is 16.8 Å². The third-order valence-electron chi connectivity index (χ3n) is 1.49. The van der Waals surface area contributed by atoms with Crippen LogP contribution in [0, 0.1) is 0 Å². The monoisotopic (exact) mass is 206 g/mol. The van der Waals surface area contributed by atoms with Crippen LogP contribution in [0.15, 0.2) is 12.7 Å². The highest BCUT2D eigenvalue weighted by atomic mass is 32.2. The van der Waals surface area contributed by atoms with Gasteiger partial charge in [0.1, 0.15) is 0 Å². The zero-order valence-corrected chi connectivity index (χ0v) is 8.86. The van der Waals surface area contributed by atoms with Crippen LogP contribution in [0.3, 0.4) is 0 Å². The van der Waals surface area contributed by atoms with Crippen molar-refractivity contribution in [2.75, 3.05) is 12.3 Å². The number of hydrazine groups is 1. The molecule has 13 heavy (non-hydrogen) atoms. The van der Waals surface area contributed by atoms with E-state index in [1.807, 2.05) is 6.92 Å². The van der Waals surface area contributed by atoms with Crippen molar-refractivity contribution in [2.45, 2.75) is 26.2 Å². The second-order valence-corrected chi connectivity index (χ2v) is 4.64. The first-order chi connectivity index (χ1) is 6.12. The van der Waals surface area contributed by atoms with E-state index in [1.165, 1.54) is 0 Å². The van der Waals surface area contributed by atoms with Crippen LogP contribution in [0.5, 0.6) is 0 Å². The molecule has 0 radical (unpaired) electrons. The van der Waals surface area contributed by atoms with Crippen molar-refractivity contribution in [2.24, 2.45) is 0 Å². The van der Waals surface area contributed by atoms with E-state index < -0.39 is 10.0 Å². The van der Waals surface area contributed by atoms with Crippen molar-refractivity contribution in [3.8, 4) is 0 Å². The standard InChI is InChI=1S/C8H18N2O2S/c1-3-5-6-8-13(11,12)10-9-7-4-2/h4,9-10H,2-3,5-8H2,1H3. The molecule has 0 aliphatic carbocycles. The van der Waals surface area contributed by atoms with Crippen LogP contribution >= 0.6 is 0 Å². The van der Waals surface area contributed by atoms with E-state index in [0.717, 1.165) is 12.8 Å². The molecule has 0 unspecified atom stereocenters. The summed E-state index contributed by atoms with van der Waals surface area (Å²) < 4.78 is 22.3. The number of rotatable bonds is 8. The van der Waals surface area contributed by atoms with E-state index in [9.17, 15) is 8.42 Å². The molecule has 0 heterocycles. The molecule has 2 N–H and O–H groups in total. The second kappa shape index (κ2) is 7.06. The summed E-state index contributed by atoms with van der Waals surface area (Å²) in [4.78, 5) is 2.27. The Bertz CT molecular complexity index is 224. The maximum Gasteiger partial charge on any atom is 0.224 e. The van der Waals surface area contributed by atoms with Crippen LogP contribution in [-0.4, -0.2) is 20.7 Å². The highest BCUT2D eigenvalue weighted by Gasteiger charge is 2.07. The van der Waals surface area contributed by atoms with E-state index in [0.29, 0.717) is 13.0 Å². The number of sulfonamides is 1. The van der Waals surface area contributed by atoms with E-state index in [1.54, 1.807) is 6.08 Å². The summed E-state index contributed by atoms with van der Waals surface area (Å²) in [7, 11) is -3.13. The topological polar surface area (TPSA) is 58.2 Å². The number of hydrogen-bond donors (Lipinski definition) is 2. The van der Waals surface area contributed by atoms with Crippen molar-refractivity contribution < 1.29 is 8.42 Å². The van der Waals surface area contributed by atoms with Crippen molar-refractivity contribution in [1.82, 2.24) is 10.3 Å². The molecule has 0 aromatic heterocycles. The van der Waals surface area contributed by atoms with Gasteiger partial charge in [-0.2, -0.15) is 4.83 Å². The lowest BCUT2D eigenvalue weighted by Gasteiger charge is -2.05. The molecule has 0 aromatic carbocycles. The van der Waals surface area contributed by atoms with Gasteiger partial charge in [0.15, 0.2) is 0 Å². The molecule has 0 amide bonds. The fourth-order valence-corrected chi connectivity index (χ4v) is 1.81. The molecule has 78 valence electrons. The quantitative estimate of drug-likeness (QED) is 0.351. The van der Waals surface area contributed by atoms with Crippen LogP contribution in [0.2, 0.25) is 0 Å². The molecule has 0 saturated carbocycles. The van der Waals surface area contributed by atoms with Crippen molar-refractivity contribution in [1.29, 1.82) is 0 Å². The summed E-state index contributed by atoms with van der Waals surface area (Å²) >= 11 is 0. The summed E-state index contributed by atoms with van der Waals surface area (Å²) in [5.41, 5.74) is 2.55. The van der Waals surface area contributed by atoms with Gasteiger partial charge in [-0.1, -0.05) is 25.8 Å². The molecule has 0 saturated heterocycles. The van der Waals surface area contributed by atoms with Crippen LogP contribution in [0.1, 0.15) is 26.2 Å². The van der Waals surface area contributed by atoms with Gasteiger partial charge in [-0.05, 0) is 6.42 Å². The molecule has 0 aliphatic rings. The predicted octanol–water partition coefficient (Wildman–Crippen LogP) is 0.787. The highest BCUT2D eigenvalue weighted by Crippen LogP contribution is 1.96. The molecule has 0 atom stereocenters. The van der Waals surface area contributed by atoms with Gasteiger partial charge >= 0.3 is 0 Å². The molecule has 0 rings (SSSR count). The average Bonchev–Trinajstić information content (AvgIpc) is 2.05. The molecule has 4 nitrogen and oxygen atoms in total. The molecular formula is C8H18N2O2S. The van der Waals surface area contributed by atoms with Gasteiger partial charge < -0.3 is 0 Å². The Kier molecular flexibility index (Phi) is 6.84. The number of nitrogens with one attached hydrogen (secondary N) is 2. The maximum atomic E-state index is 11.2. The normalized spacial score (nSPS) is 11.5. The first-order valence-corrected chi connectivity index (χ1v) is 6.11. The fraction of sp³-hybridized carbons (Fsp3) is 0.750. The molecule has 0 spiro atoms. The Morgan fingerprint density at radius 1 is 1.38 bits per heavy atom. The van der Waals surface area contributed by atoms with Gasteiger partial charge in [-0.3, -0.25) is 0 Å². The van der Waals surface area contributed by atoms with Gasteiger partial charge in [0.2, 0.25) is 10.0 Å². The zero-order valence-electron chi connectivity index (χ0n) is 8.04. The third kappa shape index (κ3) is 7.95. The molecule has 0 bridgehead atoms. The van der Waals surface area contributed by atoms with Gasteiger partial charge in [-0.15, -0.1) is 6.58 Å². The van der Waals surface area contributed by atoms with E-state index >= 15 is 0 Å². The Labute approximate surface area is 80.4 Å². The van der Waals surface area contributed by atoms with Gasteiger partial charge in [-0.25, -0.2) is 13.8 Å². The minimum Gasteiger partial charge on any atom is -0.240 e. The largest absolute Gasteiger partial charge is 0.240 e. The van der Waals surface area contributed by atoms with Gasteiger partial charge in [0.25, 0.3) is 0 Å². The predicted molar refractivity (Wildman–Crippen MR) is 54.6 cm³/mol. The van der Waals surface area contributed by atoms with Crippen LogP contribution in [-0.2, 0) is 10.0 Å². The summed E-state index contributed by atoms with van der Waals surface area (Å²) in [6.07, 6.45) is 4.27. The fourth-order valence-electron chi connectivity index (χ4n) is 0.817. The minimum absolute atomic E-state index is 0.185. The maximum absolute atomic E-state index is 11.2. The lowest BCUT2D eigenvalue weighted by molar-refractivity contribution is 0.560. The zero-order chi connectivity index (χ0) is 10.2. The van der Waals surface area contributed by atoms with Gasteiger partial charge in [0.05, 0.1) is 5.75 Å². The van der Waals surface area contributed by atoms with Crippen LogP contribution < -0.4 is 10.3 Å². The molecule has 0 fully saturated rings. The molecule has 0 aliphatic heterocycles. The van der Waals surface area contributed by atoms with Crippen molar-refractivity contribution in [3.63, 3.8) is 0 Å². The second-order valence-electron chi connectivity index (χ2n) is 2.80. The Balaban J connectivity index is 3.61. The molecule has 5 heteroatoms. The minimum atomic E-state index is -3.13. The van der Waals surface area contributed by atoms with E-state index in [-0.39, 0.29) is 5.75 Å². The lowest BCUT2D eigenvalue weighted by atomic mass is 10.3. The Hall–Kier alpha value is -0.390. The number of unbranched alkanes of at least 4 members (excludes halogenated alkanes) is 2. The Morgan fingerprint density at radius 3 is 2.62 bits per heavy atom. The summed E-state index contributed by atoms with van der Waals surface area (Å²) in [5.74, 6) is 0.185. The molecular weight excluding hydrogens is 188 g/mol. The first-order valence-electron chi connectivity index (χ1n) is 4.45. The average molecular weight is 206 g/mol. The van der Waals surface area contributed by atoms with Crippen LogP contribution in [0.4, 0.5) is 0 Å². The third-order valence-corrected chi connectivity index (χ3v) is 2.77. The molecule has 0 aromatic rings. The Morgan fingerprint density at radius 2 is 2.08 bits per heavy atom. The lowest BCUT2D eigenvalue weighted by Crippen LogP contribution is -2.38. The highest BCUT2D eigenvalue weighted by molar-refractivity contribution is 7.89. The van der Waals surface area contributed by atoms with E-state index in [4.69, 9.17) is 0 Å². The van der Waals surface area contributed by atoms with Gasteiger partial charge in [0, 0.05) is 6.54 Å². The van der Waals surface area contributed by atoms with Crippen molar-refractivity contribution >= 4 is 10.0 Å². The first kappa shape index (κ1) is 12.6. The summed E-state index contributed by atoms with van der Waals surface area (Å²) in [6.45, 7) is 5.93. The number of hydrogen-bond acceptors (Lipinski definition) is 3. The van der Waals surface area contributed by atoms with Crippen LogP contribution in [0.25, 0.3) is 0 Å². The summed E-state index contributed by atoms with van der Waals surface area (Å²) in [6, 6.07) is 0. The van der Waals surface area contributed by atoms with Crippen molar-refractivity contribution in [3.05, 3.63) is 12.7 Å². The SMILES string of the molecule is C=CCNNS(=O)(=O)CCCCC. The summed E-state index contributed by atoms with van der Waals surface area (Å²) in [5, 5.41) is 0. The smallest absolute Gasteiger partial charge is 0.224 e.